The van der Waals surface area contributed by atoms with Crippen molar-refractivity contribution < 1.29 is 21.0 Å². The fourth-order valence-corrected chi connectivity index (χ4v) is 4.68. The second-order valence-corrected chi connectivity index (χ2v) is 9.94. The summed E-state index contributed by atoms with van der Waals surface area (Å²) in [5, 5.41) is 0. The SMILES string of the molecule is CCC(C)N(Cc1ccc(OS(=O)(=O)CC)cc1)S(=O)(=O)c1ccccc1. The monoisotopic (exact) mass is 411 g/mol. The van der Waals surface area contributed by atoms with Gasteiger partial charge in [-0.2, -0.15) is 12.7 Å². The third-order valence-electron chi connectivity index (χ3n) is 4.27. The molecule has 0 amide bonds. The highest BCUT2D eigenvalue weighted by Gasteiger charge is 2.28. The number of sulfonamides is 1. The molecule has 0 aliphatic rings. The lowest BCUT2D eigenvalue weighted by Gasteiger charge is -2.28. The largest absolute Gasteiger partial charge is 0.382 e. The lowest BCUT2D eigenvalue weighted by atomic mass is 10.2. The Balaban J connectivity index is 2.27. The van der Waals surface area contributed by atoms with Crippen LogP contribution in [0.25, 0.3) is 0 Å². The van der Waals surface area contributed by atoms with Gasteiger partial charge < -0.3 is 4.18 Å². The molecule has 0 saturated heterocycles. The predicted molar refractivity (Wildman–Crippen MR) is 105 cm³/mol. The van der Waals surface area contributed by atoms with Crippen molar-refractivity contribution >= 4 is 20.1 Å². The van der Waals surface area contributed by atoms with Crippen LogP contribution < -0.4 is 4.18 Å². The van der Waals surface area contributed by atoms with Gasteiger partial charge in [-0.25, -0.2) is 8.42 Å². The molecule has 1 unspecified atom stereocenters. The molecule has 0 heterocycles. The van der Waals surface area contributed by atoms with Crippen LogP contribution in [0.1, 0.15) is 32.8 Å². The van der Waals surface area contributed by atoms with Crippen molar-refractivity contribution in [3.8, 4) is 5.75 Å². The maximum absolute atomic E-state index is 13.1. The molecule has 0 aromatic heterocycles. The van der Waals surface area contributed by atoms with Gasteiger partial charge in [-0.05, 0) is 50.1 Å². The van der Waals surface area contributed by atoms with E-state index in [9.17, 15) is 16.8 Å². The topological polar surface area (TPSA) is 80.8 Å². The number of benzene rings is 2. The van der Waals surface area contributed by atoms with Crippen LogP contribution in [-0.4, -0.2) is 32.9 Å². The summed E-state index contributed by atoms with van der Waals surface area (Å²) < 4.78 is 55.6. The zero-order valence-corrected chi connectivity index (χ0v) is 17.3. The normalized spacial score (nSPS) is 13.5. The molecule has 0 spiro atoms. The quantitative estimate of drug-likeness (QED) is 0.591. The van der Waals surface area contributed by atoms with E-state index in [0.717, 1.165) is 5.56 Å². The fraction of sp³-hybridized carbons (Fsp3) is 0.368. The molecule has 0 aliphatic heterocycles. The zero-order valence-electron chi connectivity index (χ0n) is 15.7. The Labute approximate surface area is 162 Å². The standard InChI is InChI=1S/C19H25NO5S2/c1-4-16(3)20(27(23,24)19-9-7-6-8-10-19)15-17-11-13-18(14-12-17)25-26(21,22)5-2/h6-14,16H,4-5,15H2,1-3H3. The highest BCUT2D eigenvalue weighted by molar-refractivity contribution is 7.89. The summed E-state index contributed by atoms with van der Waals surface area (Å²) in [7, 11) is -7.24. The van der Waals surface area contributed by atoms with Crippen molar-refractivity contribution in [3.63, 3.8) is 0 Å². The Morgan fingerprint density at radius 1 is 0.926 bits per heavy atom. The summed E-state index contributed by atoms with van der Waals surface area (Å²) in [5.41, 5.74) is 0.746. The molecule has 0 saturated carbocycles. The highest BCUT2D eigenvalue weighted by atomic mass is 32.2. The van der Waals surface area contributed by atoms with E-state index < -0.39 is 20.1 Å². The van der Waals surface area contributed by atoms with Crippen LogP contribution in [0.5, 0.6) is 5.75 Å². The van der Waals surface area contributed by atoms with Gasteiger partial charge in [0.05, 0.1) is 10.6 Å². The van der Waals surface area contributed by atoms with E-state index in [1.54, 1.807) is 42.5 Å². The molecule has 0 fully saturated rings. The van der Waals surface area contributed by atoms with E-state index in [1.165, 1.54) is 23.4 Å². The van der Waals surface area contributed by atoms with Gasteiger partial charge in [-0.15, -0.1) is 0 Å². The van der Waals surface area contributed by atoms with Crippen molar-refractivity contribution in [1.29, 1.82) is 0 Å². The Bertz CT molecular complexity index is 939. The van der Waals surface area contributed by atoms with Crippen molar-refractivity contribution in [2.45, 2.75) is 44.7 Å². The first-order valence-corrected chi connectivity index (χ1v) is 11.8. The molecule has 0 radical (unpaired) electrons. The summed E-state index contributed by atoms with van der Waals surface area (Å²) in [5.74, 6) is 0.0906. The number of nitrogens with zero attached hydrogens (tertiary/aromatic N) is 1. The molecule has 27 heavy (non-hydrogen) atoms. The minimum Gasteiger partial charge on any atom is -0.382 e. The molecule has 0 bridgehead atoms. The van der Waals surface area contributed by atoms with Crippen molar-refractivity contribution in [2.24, 2.45) is 0 Å². The Kier molecular flexibility index (Phi) is 7.02. The number of hydrogen-bond acceptors (Lipinski definition) is 5. The lowest BCUT2D eigenvalue weighted by Crippen LogP contribution is -2.37. The van der Waals surface area contributed by atoms with E-state index in [2.05, 4.69) is 0 Å². The third kappa shape index (κ3) is 5.54. The van der Waals surface area contributed by atoms with Gasteiger partial charge in [0.15, 0.2) is 0 Å². The molecule has 0 N–H and O–H groups in total. The smallest absolute Gasteiger partial charge is 0.308 e. The van der Waals surface area contributed by atoms with Gasteiger partial charge in [-0.3, -0.25) is 0 Å². The summed E-state index contributed by atoms with van der Waals surface area (Å²) in [6, 6.07) is 14.6. The van der Waals surface area contributed by atoms with Crippen molar-refractivity contribution in [1.82, 2.24) is 4.31 Å². The Morgan fingerprint density at radius 3 is 2.04 bits per heavy atom. The zero-order chi connectivity index (χ0) is 20.1. The van der Waals surface area contributed by atoms with Gasteiger partial charge in [-0.1, -0.05) is 37.3 Å². The van der Waals surface area contributed by atoms with E-state index in [1.807, 2.05) is 13.8 Å². The van der Waals surface area contributed by atoms with E-state index in [-0.39, 0.29) is 29.0 Å². The molecule has 2 aromatic rings. The third-order valence-corrected chi connectivity index (χ3v) is 7.40. The first-order valence-electron chi connectivity index (χ1n) is 8.77. The fourth-order valence-electron chi connectivity index (χ4n) is 2.45. The van der Waals surface area contributed by atoms with E-state index in [0.29, 0.717) is 6.42 Å². The molecule has 0 aliphatic carbocycles. The van der Waals surface area contributed by atoms with Crippen LogP contribution in [0.15, 0.2) is 59.5 Å². The summed E-state index contributed by atoms with van der Waals surface area (Å²) in [6.45, 7) is 5.49. The molecule has 1 atom stereocenters. The van der Waals surface area contributed by atoms with Gasteiger partial charge in [0.25, 0.3) is 0 Å². The van der Waals surface area contributed by atoms with Crippen LogP contribution >= 0.6 is 0 Å². The maximum atomic E-state index is 13.1. The molecular formula is C19H25NO5S2. The summed E-state index contributed by atoms with van der Waals surface area (Å²) in [4.78, 5) is 0.249. The molecule has 8 heteroatoms. The minimum absolute atomic E-state index is 0.119. The maximum Gasteiger partial charge on any atom is 0.308 e. The van der Waals surface area contributed by atoms with Gasteiger partial charge >= 0.3 is 10.1 Å². The van der Waals surface area contributed by atoms with Crippen LogP contribution in [0.4, 0.5) is 0 Å². The number of hydrogen-bond donors (Lipinski definition) is 0. The predicted octanol–water partition coefficient (Wildman–Crippen LogP) is 3.40. The molecule has 2 rings (SSSR count). The second kappa shape index (κ2) is 8.86. The van der Waals surface area contributed by atoms with Crippen LogP contribution in [-0.2, 0) is 26.7 Å². The first-order chi connectivity index (χ1) is 12.7. The van der Waals surface area contributed by atoms with Crippen molar-refractivity contribution in [3.05, 3.63) is 60.2 Å². The molecule has 2 aromatic carbocycles. The molecular weight excluding hydrogens is 386 g/mol. The van der Waals surface area contributed by atoms with Gasteiger partial charge in [0, 0.05) is 12.6 Å². The van der Waals surface area contributed by atoms with Gasteiger partial charge in [0.2, 0.25) is 10.0 Å². The lowest BCUT2D eigenvalue weighted by molar-refractivity contribution is 0.323. The number of rotatable bonds is 9. The Morgan fingerprint density at radius 2 is 1.52 bits per heavy atom. The van der Waals surface area contributed by atoms with Crippen LogP contribution in [0.2, 0.25) is 0 Å². The van der Waals surface area contributed by atoms with Gasteiger partial charge in [0.1, 0.15) is 5.75 Å². The summed E-state index contributed by atoms with van der Waals surface area (Å²) in [6.07, 6.45) is 0.669. The van der Waals surface area contributed by atoms with Crippen LogP contribution in [0, 0.1) is 0 Å². The van der Waals surface area contributed by atoms with Crippen LogP contribution in [0.3, 0.4) is 0 Å². The van der Waals surface area contributed by atoms with E-state index >= 15 is 0 Å². The average molecular weight is 412 g/mol. The minimum atomic E-state index is -3.65. The second-order valence-electron chi connectivity index (χ2n) is 6.19. The van der Waals surface area contributed by atoms with Crippen molar-refractivity contribution in [2.75, 3.05) is 5.75 Å². The highest BCUT2D eigenvalue weighted by Crippen LogP contribution is 2.23. The van der Waals surface area contributed by atoms with E-state index in [4.69, 9.17) is 4.18 Å². The average Bonchev–Trinajstić information content (AvgIpc) is 2.67. The Hall–Kier alpha value is -1.90. The summed E-state index contributed by atoms with van der Waals surface area (Å²) >= 11 is 0. The first kappa shape index (κ1) is 21.4. The molecule has 148 valence electrons. The molecule has 6 nitrogen and oxygen atoms in total.